The standard InChI is InChI=1S/C15H11NO2/c17-14-12-9-6-7-10(8-9)13(12)15(18)16(14)11-4-2-1-3-5-11/h1-7,9-10H,8H2. The zero-order chi connectivity index (χ0) is 12.3. The lowest BCUT2D eigenvalue weighted by Crippen LogP contribution is -2.33. The van der Waals surface area contributed by atoms with Crippen molar-refractivity contribution in [3.05, 3.63) is 53.6 Å². The molecule has 0 radical (unpaired) electrons. The zero-order valence-electron chi connectivity index (χ0n) is 9.67. The van der Waals surface area contributed by atoms with Gasteiger partial charge in [-0.3, -0.25) is 9.59 Å². The van der Waals surface area contributed by atoms with Gasteiger partial charge in [0.15, 0.2) is 0 Å². The lowest BCUT2D eigenvalue weighted by atomic mass is 9.99. The van der Waals surface area contributed by atoms with Crippen molar-refractivity contribution in [1.29, 1.82) is 0 Å². The average molecular weight is 237 g/mol. The summed E-state index contributed by atoms with van der Waals surface area (Å²) in [5.41, 5.74) is 2.13. The van der Waals surface area contributed by atoms with Crippen LogP contribution < -0.4 is 4.90 Å². The van der Waals surface area contributed by atoms with Gasteiger partial charge in [-0.25, -0.2) is 4.90 Å². The van der Waals surface area contributed by atoms with Gasteiger partial charge in [-0.05, 0) is 18.6 Å². The molecule has 3 nitrogen and oxygen atoms in total. The summed E-state index contributed by atoms with van der Waals surface area (Å²) in [6.45, 7) is 0. The van der Waals surface area contributed by atoms with E-state index in [0.717, 1.165) is 17.6 Å². The van der Waals surface area contributed by atoms with Gasteiger partial charge < -0.3 is 0 Å². The maximum atomic E-state index is 12.4. The predicted molar refractivity (Wildman–Crippen MR) is 66.7 cm³/mol. The summed E-state index contributed by atoms with van der Waals surface area (Å²) < 4.78 is 0. The number of amides is 2. The van der Waals surface area contributed by atoms with Gasteiger partial charge in [0, 0.05) is 23.0 Å². The molecule has 0 aromatic heterocycles. The largest absolute Gasteiger partial charge is 0.269 e. The van der Waals surface area contributed by atoms with Crippen LogP contribution in [-0.4, -0.2) is 11.8 Å². The minimum atomic E-state index is -0.127. The van der Waals surface area contributed by atoms with Gasteiger partial charge in [0.05, 0.1) is 5.69 Å². The summed E-state index contributed by atoms with van der Waals surface area (Å²) in [5.74, 6) is 0.0708. The highest BCUT2D eigenvalue weighted by Gasteiger charge is 2.50. The van der Waals surface area contributed by atoms with Crippen molar-refractivity contribution in [3.8, 4) is 0 Å². The molecule has 0 saturated carbocycles. The molecule has 88 valence electrons. The molecule has 3 aliphatic rings. The summed E-state index contributed by atoms with van der Waals surface area (Å²) in [6, 6.07) is 9.15. The van der Waals surface area contributed by atoms with Gasteiger partial charge >= 0.3 is 0 Å². The van der Waals surface area contributed by atoms with Gasteiger partial charge in [-0.2, -0.15) is 0 Å². The minimum Gasteiger partial charge on any atom is -0.269 e. The number of nitrogens with zero attached hydrogens (tertiary/aromatic N) is 1. The second kappa shape index (κ2) is 3.19. The second-order valence-corrected chi connectivity index (χ2v) is 4.94. The van der Waals surface area contributed by atoms with Crippen LogP contribution >= 0.6 is 0 Å². The van der Waals surface area contributed by atoms with E-state index in [1.165, 1.54) is 4.90 Å². The molecule has 2 atom stereocenters. The highest BCUT2D eigenvalue weighted by molar-refractivity contribution is 6.34. The highest BCUT2D eigenvalue weighted by Crippen LogP contribution is 2.48. The molecule has 1 aromatic rings. The normalized spacial score (nSPS) is 28.6. The third-order valence-corrected chi connectivity index (χ3v) is 4.00. The number of fused-ring (bicyclic) bond motifs is 4. The van der Waals surface area contributed by atoms with E-state index < -0.39 is 0 Å². The van der Waals surface area contributed by atoms with Crippen molar-refractivity contribution in [2.45, 2.75) is 6.42 Å². The number of imide groups is 1. The van der Waals surface area contributed by atoms with E-state index in [0.29, 0.717) is 5.69 Å². The van der Waals surface area contributed by atoms with Gasteiger partial charge in [0.1, 0.15) is 0 Å². The number of benzene rings is 1. The molecule has 3 heteroatoms. The predicted octanol–water partition coefficient (Wildman–Crippen LogP) is 2.06. The maximum Gasteiger partial charge on any atom is 0.262 e. The van der Waals surface area contributed by atoms with E-state index in [2.05, 4.69) is 12.2 Å². The molecular weight excluding hydrogens is 226 g/mol. The fourth-order valence-electron chi connectivity index (χ4n) is 3.22. The summed E-state index contributed by atoms with van der Waals surface area (Å²) in [6.07, 6.45) is 5.02. The number of carbonyl (C=O) groups is 2. The van der Waals surface area contributed by atoms with E-state index in [4.69, 9.17) is 0 Å². The molecule has 2 bridgehead atoms. The van der Waals surface area contributed by atoms with Crippen molar-refractivity contribution in [2.24, 2.45) is 11.8 Å². The Labute approximate surface area is 104 Å². The number of para-hydroxylation sites is 1. The monoisotopic (exact) mass is 237 g/mol. The summed E-state index contributed by atoms with van der Waals surface area (Å²) in [7, 11) is 0. The van der Waals surface area contributed by atoms with E-state index in [1.807, 2.05) is 18.2 Å². The summed E-state index contributed by atoms with van der Waals surface area (Å²) in [4.78, 5) is 26.1. The first-order chi connectivity index (χ1) is 8.77. The van der Waals surface area contributed by atoms with Crippen LogP contribution in [0.15, 0.2) is 53.6 Å². The molecule has 1 aromatic carbocycles. The Morgan fingerprint density at radius 3 is 2.00 bits per heavy atom. The summed E-state index contributed by atoms with van der Waals surface area (Å²) in [5, 5.41) is 0. The fourth-order valence-corrected chi connectivity index (χ4v) is 3.22. The Morgan fingerprint density at radius 2 is 1.44 bits per heavy atom. The minimum absolute atomic E-state index is 0.127. The average Bonchev–Trinajstić information content (AvgIpc) is 3.05. The van der Waals surface area contributed by atoms with Crippen molar-refractivity contribution in [3.63, 3.8) is 0 Å². The third-order valence-electron chi connectivity index (χ3n) is 4.00. The van der Waals surface area contributed by atoms with Gasteiger partial charge in [0.2, 0.25) is 0 Å². The zero-order valence-corrected chi connectivity index (χ0v) is 9.67. The molecule has 2 aliphatic carbocycles. The van der Waals surface area contributed by atoms with Crippen LogP contribution in [0.5, 0.6) is 0 Å². The Morgan fingerprint density at radius 1 is 0.889 bits per heavy atom. The quantitative estimate of drug-likeness (QED) is 0.554. The van der Waals surface area contributed by atoms with Gasteiger partial charge in [0.25, 0.3) is 11.8 Å². The third kappa shape index (κ3) is 1.04. The molecule has 4 rings (SSSR count). The van der Waals surface area contributed by atoms with Crippen LogP contribution in [0.2, 0.25) is 0 Å². The molecule has 2 unspecified atom stereocenters. The van der Waals surface area contributed by atoms with E-state index in [-0.39, 0.29) is 23.7 Å². The van der Waals surface area contributed by atoms with Crippen LogP contribution in [0.4, 0.5) is 5.69 Å². The van der Waals surface area contributed by atoms with Gasteiger partial charge in [-0.15, -0.1) is 0 Å². The smallest absolute Gasteiger partial charge is 0.262 e. The van der Waals surface area contributed by atoms with Crippen molar-refractivity contribution >= 4 is 17.5 Å². The first-order valence-corrected chi connectivity index (χ1v) is 6.13. The Bertz CT molecular complexity index is 593. The number of hydrogen-bond donors (Lipinski definition) is 0. The molecule has 2 amide bonds. The molecule has 18 heavy (non-hydrogen) atoms. The Kier molecular flexibility index (Phi) is 1.74. The second-order valence-electron chi connectivity index (χ2n) is 4.94. The van der Waals surface area contributed by atoms with Crippen LogP contribution in [0.3, 0.4) is 0 Å². The molecule has 0 fully saturated rings. The first-order valence-electron chi connectivity index (χ1n) is 6.13. The lowest BCUT2D eigenvalue weighted by molar-refractivity contribution is -0.121. The Balaban J connectivity index is 1.80. The molecule has 0 N–H and O–H groups in total. The van der Waals surface area contributed by atoms with Crippen molar-refractivity contribution in [2.75, 3.05) is 4.90 Å². The number of carbonyl (C=O) groups excluding carboxylic acids is 2. The van der Waals surface area contributed by atoms with Crippen LogP contribution in [0.25, 0.3) is 0 Å². The number of hydrogen-bond acceptors (Lipinski definition) is 2. The lowest BCUT2D eigenvalue weighted by Gasteiger charge is -2.17. The van der Waals surface area contributed by atoms with Crippen LogP contribution in [0.1, 0.15) is 6.42 Å². The van der Waals surface area contributed by atoms with E-state index >= 15 is 0 Å². The molecule has 1 aliphatic heterocycles. The SMILES string of the molecule is O=C1C2=C(C(=O)N1c1ccccc1)C1C=CC2C1. The fraction of sp³-hybridized carbons (Fsp3) is 0.200. The molecule has 0 saturated heterocycles. The Hall–Kier alpha value is -2.16. The van der Waals surface area contributed by atoms with Gasteiger partial charge in [-0.1, -0.05) is 30.4 Å². The van der Waals surface area contributed by atoms with Crippen molar-refractivity contribution in [1.82, 2.24) is 0 Å². The van der Waals surface area contributed by atoms with E-state index in [9.17, 15) is 9.59 Å². The van der Waals surface area contributed by atoms with Crippen LogP contribution in [0, 0.1) is 11.8 Å². The van der Waals surface area contributed by atoms with Crippen LogP contribution in [-0.2, 0) is 9.59 Å². The number of anilines is 1. The molecular formula is C15H11NO2. The first kappa shape index (κ1) is 9.83. The number of rotatable bonds is 1. The maximum absolute atomic E-state index is 12.4. The van der Waals surface area contributed by atoms with E-state index in [1.54, 1.807) is 12.1 Å². The molecule has 0 spiro atoms. The number of allylic oxidation sites excluding steroid dienone is 2. The topological polar surface area (TPSA) is 37.4 Å². The highest BCUT2D eigenvalue weighted by atomic mass is 16.2. The van der Waals surface area contributed by atoms with Crippen molar-refractivity contribution < 1.29 is 9.59 Å². The summed E-state index contributed by atoms with van der Waals surface area (Å²) >= 11 is 0. The molecule has 1 heterocycles.